The maximum atomic E-state index is 12.4. The zero-order chi connectivity index (χ0) is 25.6. The van der Waals surface area contributed by atoms with Gasteiger partial charge in [-0.3, -0.25) is 18.8 Å². The Hall–Kier alpha value is -2.63. The third-order valence-electron chi connectivity index (χ3n) is 4.74. The van der Waals surface area contributed by atoms with Crippen LogP contribution in [0, 0.1) is 18.8 Å². The number of hydrogen-bond acceptors (Lipinski definition) is 6. The summed E-state index contributed by atoms with van der Waals surface area (Å²) < 4.78 is 24.0. The number of alkyl halides is 2. The normalized spacial score (nSPS) is 15.9. The predicted molar refractivity (Wildman–Crippen MR) is 116 cm³/mol. The van der Waals surface area contributed by atoms with Crippen LogP contribution in [0.15, 0.2) is 24.3 Å². The Balaban J connectivity index is 0. The summed E-state index contributed by atoms with van der Waals surface area (Å²) >= 11 is 0. The maximum absolute atomic E-state index is 12.4. The summed E-state index contributed by atoms with van der Waals surface area (Å²) in [6.07, 6.45) is -0.959. The Labute approximate surface area is 186 Å². The summed E-state index contributed by atoms with van der Waals surface area (Å²) in [4.78, 5) is 30.8. The molecule has 0 saturated carbocycles. The second-order valence-corrected chi connectivity index (χ2v) is 7.45. The molecule has 32 heavy (non-hydrogen) atoms. The molecule has 0 saturated heterocycles. The van der Waals surface area contributed by atoms with Gasteiger partial charge in [0.2, 0.25) is 0 Å². The van der Waals surface area contributed by atoms with Crippen molar-refractivity contribution in [2.45, 2.75) is 58.4 Å². The molecular weight excluding hydrogens is 428 g/mol. The molecular formula is C21H35F2N3O6. The Morgan fingerprint density at radius 3 is 1.59 bits per heavy atom. The van der Waals surface area contributed by atoms with Crippen LogP contribution in [0.4, 0.5) is 8.78 Å². The smallest absolute Gasteiger partial charge is 0.325 e. The fourth-order valence-corrected chi connectivity index (χ4v) is 2.02. The lowest BCUT2D eigenvalue weighted by Gasteiger charge is -2.16. The van der Waals surface area contributed by atoms with E-state index in [4.69, 9.17) is 32.5 Å². The lowest BCUT2D eigenvalue weighted by molar-refractivity contribution is -0.141. The molecule has 9 nitrogen and oxygen atoms in total. The van der Waals surface area contributed by atoms with Gasteiger partial charge in [0.15, 0.2) is 0 Å². The predicted octanol–water partition coefficient (Wildman–Crippen LogP) is 1.87. The Kier molecular flexibility index (Phi) is 15.8. The molecule has 6 atom stereocenters. The average molecular weight is 464 g/mol. The third kappa shape index (κ3) is 12.9. The lowest BCUT2D eigenvalue weighted by atomic mass is 9.99. The van der Waals surface area contributed by atoms with E-state index in [0.29, 0.717) is 5.56 Å². The van der Waals surface area contributed by atoms with Gasteiger partial charge in [-0.25, -0.2) is 4.39 Å². The van der Waals surface area contributed by atoms with Crippen LogP contribution in [0.1, 0.15) is 44.4 Å². The molecule has 1 aromatic carbocycles. The molecule has 1 aromatic rings. The number of carbonyl (C=O) groups is 3. The van der Waals surface area contributed by atoms with Gasteiger partial charge in [-0.05, 0) is 31.7 Å². The summed E-state index contributed by atoms with van der Waals surface area (Å²) in [6.45, 7) is 5.83. The quantitative estimate of drug-likeness (QED) is 0.317. The van der Waals surface area contributed by atoms with E-state index in [9.17, 15) is 23.2 Å². The SMILES string of the molecule is CC(CCF)C(N)C(=O)O.CC(F)C(C)C(N)C(=O)O.Cc1ccc(C(N)C(=O)O)cc1. The summed E-state index contributed by atoms with van der Waals surface area (Å²) in [7, 11) is 0. The molecule has 1 rings (SSSR count). The molecule has 0 radical (unpaired) electrons. The molecule has 184 valence electrons. The van der Waals surface area contributed by atoms with Gasteiger partial charge < -0.3 is 32.5 Å². The van der Waals surface area contributed by atoms with Crippen molar-refractivity contribution in [2.24, 2.45) is 29.0 Å². The van der Waals surface area contributed by atoms with Crippen molar-refractivity contribution in [3.63, 3.8) is 0 Å². The van der Waals surface area contributed by atoms with Crippen molar-refractivity contribution >= 4 is 17.9 Å². The van der Waals surface area contributed by atoms with E-state index in [1.165, 1.54) is 13.8 Å². The molecule has 0 fully saturated rings. The molecule has 0 aliphatic rings. The van der Waals surface area contributed by atoms with Crippen molar-refractivity contribution in [3.8, 4) is 0 Å². The zero-order valence-corrected chi connectivity index (χ0v) is 18.7. The molecule has 0 spiro atoms. The lowest BCUT2D eigenvalue weighted by Crippen LogP contribution is -2.40. The first-order chi connectivity index (χ1) is 14.7. The van der Waals surface area contributed by atoms with Crippen LogP contribution in [0.5, 0.6) is 0 Å². The van der Waals surface area contributed by atoms with Crippen LogP contribution >= 0.6 is 0 Å². The Morgan fingerprint density at radius 2 is 1.31 bits per heavy atom. The number of aryl methyl sites for hydroxylation is 1. The third-order valence-corrected chi connectivity index (χ3v) is 4.74. The second-order valence-electron chi connectivity index (χ2n) is 7.45. The van der Waals surface area contributed by atoms with E-state index in [-0.39, 0.29) is 12.3 Å². The van der Waals surface area contributed by atoms with Crippen molar-refractivity contribution < 1.29 is 38.5 Å². The molecule has 0 bridgehead atoms. The van der Waals surface area contributed by atoms with Gasteiger partial charge in [0.1, 0.15) is 24.3 Å². The minimum atomic E-state index is -1.17. The van der Waals surface area contributed by atoms with Crippen LogP contribution < -0.4 is 17.2 Å². The van der Waals surface area contributed by atoms with Crippen molar-refractivity contribution in [1.29, 1.82) is 0 Å². The minimum absolute atomic E-state index is 0.216. The highest BCUT2D eigenvalue weighted by atomic mass is 19.1. The summed E-state index contributed by atoms with van der Waals surface area (Å²) in [5.41, 5.74) is 17.4. The largest absolute Gasteiger partial charge is 0.480 e. The van der Waals surface area contributed by atoms with Crippen molar-refractivity contribution in [2.75, 3.05) is 6.67 Å². The first kappa shape index (κ1) is 31.6. The monoisotopic (exact) mass is 463 g/mol. The standard InChI is InChI=1S/C9H11NO2.2C6H12FNO2/c1-6-2-4-7(5-3-6)8(10)9(11)12;1-4(2-3-7)5(8)6(9)10;1-3(4(2)7)5(8)6(9)10/h2-5,8H,10H2,1H3,(H,11,12);4-5H,2-3,8H2,1H3,(H,9,10);3-5H,8H2,1-2H3,(H,9,10). The van der Waals surface area contributed by atoms with Crippen LogP contribution in [0.2, 0.25) is 0 Å². The van der Waals surface area contributed by atoms with Crippen molar-refractivity contribution in [3.05, 3.63) is 35.4 Å². The van der Waals surface area contributed by atoms with Gasteiger partial charge in [-0.1, -0.05) is 43.7 Å². The van der Waals surface area contributed by atoms with Gasteiger partial charge >= 0.3 is 17.9 Å². The molecule has 11 heteroatoms. The fraction of sp³-hybridized carbons (Fsp3) is 0.571. The highest BCUT2D eigenvalue weighted by molar-refractivity contribution is 5.75. The average Bonchev–Trinajstić information content (AvgIpc) is 2.72. The van der Waals surface area contributed by atoms with E-state index < -0.39 is 54.8 Å². The maximum Gasteiger partial charge on any atom is 0.325 e. The molecule has 0 aliphatic heterocycles. The summed E-state index contributed by atoms with van der Waals surface area (Å²) in [6, 6.07) is 4.21. The van der Waals surface area contributed by atoms with Crippen LogP contribution in [-0.4, -0.2) is 58.2 Å². The van der Waals surface area contributed by atoms with Crippen molar-refractivity contribution in [1.82, 2.24) is 0 Å². The molecule has 0 amide bonds. The van der Waals surface area contributed by atoms with E-state index in [2.05, 4.69) is 0 Å². The topological polar surface area (TPSA) is 190 Å². The number of benzene rings is 1. The van der Waals surface area contributed by atoms with Gasteiger partial charge in [-0.2, -0.15) is 0 Å². The van der Waals surface area contributed by atoms with Gasteiger partial charge in [0.05, 0.1) is 6.67 Å². The fourth-order valence-electron chi connectivity index (χ4n) is 2.02. The van der Waals surface area contributed by atoms with Crippen LogP contribution in [0.3, 0.4) is 0 Å². The number of aliphatic carboxylic acids is 3. The number of hydrogen-bond donors (Lipinski definition) is 6. The van der Waals surface area contributed by atoms with E-state index >= 15 is 0 Å². The number of carboxylic acids is 3. The second kappa shape index (κ2) is 16.1. The highest BCUT2D eigenvalue weighted by Gasteiger charge is 2.24. The number of halogens is 2. The number of rotatable bonds is 9. The van der Waals surface area contributed by atoms with Gasteiger partial charge in [0, 0.05) is 5.92 Å². The first-order valence-electron chi connectivity index (χ1n) is 9.89. The molecule has 0 heterocycles. The van der Waals surface area contributed by atoms with Crippen LogP contribution in [0.25, 0.3) is 0 Å². The number of nitrogens with two attached hydrogens (primary N) is 3. The Bertz CT molecular complexity index is 703. The molecule has 9 N–H and O–H groups in total. The van der Waals surface area contributed by atoms with E-state index in [1.54, 1.807) is 19.1 Å². The van der Waals surface area contributed by atoms with E-state index in [1.807, 2.05) is 19.1 Å². The first-order valence-corrected chi connectivity index (χ1v) is 9.89. The molecule has 0 aromatic heterocycles. The summed E-state index contributed by atoms with van der Waals surface area (Å²) in [5, 5.41) is 25.2. The minimum Gasteiger partial charge on any atom is -0.480 e. The zero-order valence-electron chi connectivity index (χ0n) is 18.7. The van der Waals surface area contributed by atoms with Gasteiger partial charge in [0.25, 0.3) is 0 Å². The summed E-state index contributed by atoms with van der Waals surface area (Å²) in [5.74, 6) is -4.14. The van der Waals surface area contributed by atoms with Crippen LogP contribution in [-0.2, 0) is 14.4 Å². The Morgan fingerprint density at radius 1 is 0.875 bits per heavy atom. The highest BCUT2D eigenvalue weighted by Crippen LogP contribution is 2.11. The molecule has 0 aliphatic carbocycles. The van der Waals surface area contributed by atoms with E-state index in [0.717, 1.165) is 5.56 Å². The number of carboxylic acid groups (broad SMARTS) is 3. The van der Waals surface area contributed by atoms with Gasteiger partial charge in [-0.15, -0.1) is 0 Å². The molecule has 6 unspecified atom stereocenters.